The highest BCUT2D eigenvalue weighted by molar-refractivity contribution is 14.0. The number of nitrogens with one attached hydrogen (secondary N) is 3. The number of pyridine rings is 1. The number of carbonyl (C=O) groups is 1. The van der Waals surface area contributed by atoms with E-state index in [-0.39, 0.29) is 47.5 Å². The lowest BCUT2D eigenvalue weighted by Gasteiger charge is -2.21. The molecule has 1 aliphatic rings. The molecule has 7 nitrogen and oxygen atoms in total. The molecule has 0 saturated carbocycles. The van der Waals surface area contributed by atoms with Gasteiger partial charge in [-0.05, 0) is 25.8 Å². The third kappa shape index (κ3) is 7.97. The largest absolute Gasteiger partial charge is 0.417 e. The first-order chi connectivity index (χ1) is 13.7. The van der Waals surface area contributed by atoms with Crippen LogP contribution in [0.1, 0.15) is 32.3 Å². The summed E-state index contributed by atoms with van der Waals surface area (Å²) in [6, 6.07) is 0.886. The van der Waals surface area contributed by atoms with Gasteiger partial charge in [0.25, 0.3) is 0 Å². The average Bonchev–Trinajstić information content (AvgIpc) is 3.12. The van der Waals surface area contributed by atoms with E-state index in [0.717, 1.165) is 25.1 Å². The Morgan fingerprint density at radius 3 is 2.70 bits per heavy atom. The number of anilines is 1. The van der Waals surface area contributed by atoms with Crippen molar-refractivity contribution in [1.82, 2.24) is 20.9 Å². The summed E-state index contributed by atoms with van der Waals surface area (Å²) in [4.78, 5) is 21.8. The fourth-order valence-electron chi connectivity index (χ4n) is 2.87. The Kier molecular flexibility index (Phi) is 10.9. The zero-order valence-electron chi connectivity index (χ0n) is 16.9. The van der Waals surface area contributed by atoms with Gasteiger partial charge in [0.2, 0.25) is 5.91 Å². The SMILES string of the molecule is CCCNC(=O)CN=C(NCC)NC1CCN(c2ncc(C(F)(F)F)cc2Cl)C1.I. The summed E-state index contributed by atoms with van der Waals surface area (Å²) in [7, 11) is 0. The van der Waals surface area contributed by atoms with Crippen molar-refractivity contribution in [1.29, 1.82) is 0 Å². The van der Waals surface area contributed by atoms with Crippen molar-refractivity contribution in [3.05, 3.63) is 22.8 Å². The van der Waals surface area contributed by atoms with Gasteiger partial charge >= 0.3 is 6.18 Å². The van der Waals surface area contributed by atoms with E-state index in [1.54, 1.807) is 0 Å². The fraction of sp³-hybridized carbons (Fsp3) is 0.611. The smallest absolute Gasteiger partial charge is 0.357 e. The van der Waals surface area contributed by atoms with Crippen LogP contribution < -0.4 is 20.9 Å². The third-order valence-corrected chi connectivity index (χ3v) is 4.55. The highest BCUT2D eigenvalue weighted by Gasteiger charge is 2.33. The summed E-state index contributed by atoms with van der Waals surface area (Å²) in [5.74, 6) is 0.681. The lowest BCUT2D eigenvalue weighted by atomic mass is 10.2. The topological polar surface area (TPSA) is 81.6 Å². The molecular formula is C18H27ClF3IN6O. The van der Waals surface area contributed by atoms with E-state index in [2.05, 4.69) is 25.9 Å². The van der Waals surface area contributed by atoms with Crippen molar-refractivity contribution in [3.8, 4) is 0 Å². The first-order valence-electron chi connectivity index (χ1n) is 9.53. The van der Waals surface area contributed by atoms with E-state index in [9.17, 15) is 18.0 Å². The van der Waals surface area contributed by atoms with Crippen LogP contribution in [0.4, 0.5) is 19.0 Å². The molecule has 1 aromatic rings. The number of aliphatic imine (C=N–C) groups is 1. The van der Waals surface area contributed by atoms with Gasteiger partial charge in [0.05, 0.1) is 10.6 Å². The first kappa shape index (κ1) is 26.5. The summed E-state index contributed by atoms with van der Waals surface area (Å²) in [6.07, 6.45) is -2.11. The molecule has 2 heterocycles. The maximum atomic E-state index is 12.8. The Hall–Kier alpha value is -1.50. The van der Waals surface area contributed by atoms with Crippen LogP contribution in [0, 0.1) is 0 Å². The van der Waals surface area contributed by atoms with Gasteiger partial charge in [0.15, 0.2) is 5.96 Å². The summed E-state index contributed by atoms with van der Waals surface area (Å²) in [5, 5.41) is 9.06. The van der Waals surface area contributed by atoms with Gasteiger partial charge < -0.3 is 20.9 Å². The van der Waals surface area contributed by atoms with Crippen molar-refractivity contribution in [2.24, 2.45) is 4.99 Å². The van der Waals surface area contributed by atoms with Crippen molar-refractivity contribution in [2.45, 2.75) is 38.9 Å². The number of guanidine groups is 1. The normalized spacial score (nSPS) is 16.8. The van der Waals surface area contributed by atoms with Crippen LogP contribution in [-0.4, -0.2) is 55.6 Å². The molecule has 1 aromatic heterocycles. The number of rotatable bonds is 7. The van der Waals surface area contributed by atoms with Gasteiger partial charge in [0, 0.05) is 38.4 Å². The van der Waals surface area contributed by atoms with Crippen LogP contribution in [0.5, 0.6) is 0 Å². The van der Waals surface area contributed by atoms with Crippen LogP contribution in [0.3, 0.4) is 0 Å². The molecule has 1 fully saturated rings. The molecule has 1 unspecified atom stereocenters. The van der Waals surface area contributed by atoms with Crippen LogP contribution in [0.15, 0.2) is 17.3 Å². The summed E-state index contributed by atoms with van der Waals surface area (Å²) in [5.41, 5.74) is -0.872. The molecule has 0 bridgehead atoms. The molecular weight excluding hydrogens is 536 g/mol. The predicted octanol–water partition coefficient (Wildman–Crippen LogP) is 3.03. The predicted molar refractivity (Wildman–Crippen MR) is 123 cm³/mol. The van der Waals surface area contributed by atoms with Gasteiger partial charge in [-0.25, -0.2) is 9.98 Å². The lowest BCUT2D eigenvalue weighted by Crippen LogP contribution is -2.45. The lowest BCUT2D eigenvalue weighted by molar-refractivity contribution is -0.137. The van der Waals surface area contributed by atoms with Crippen LogP contribution >= 0.6 is 35.6 Å². The van der Waals surface area contributed by atoms with Gasteiger partial charge in [-0.2, -0.15) is 13.2 Å². The maximum Gasteiger partial charge on any atom is 0.417 e. The number of carbonyl (C=O) groups excluding carboxylic acids is 1. The molecule has 0 spiro atoms. The summed E-state index contributed by atoms with van der Waals surface area (Å²) >= 11 is 6.04. The monoisotopic (exact) mass is 562 g/mol. The molecule has 0 radical (unpaired) electrons. The quantitative estimate of drug-likeness (QED) is 0.271. The van der Waals surface area contributed by atoms with Gasteiger partial charge in [0.1, 0.15) is 12.4 Å². The van der Waals surface area contributed by atoms with Crippen molar-refractivity contribution < 1.29 is 18.0 Å². The van der Waals surface area contributed by atoms with E-state index in [4.69, 9.17) is 11.6 Å². The van der Waals surface area contributed by atoms with Crippen LogP contribution in [0.2, 0.25) is 5.02 Å². The minimum absolute atomic E-state index is 0. The van der Waals surface area contributed by atoms with E-state index in [1.165, 1.54) is 0 Å². The minimum atomic E-state index is -4.48. The van der Waals surface area contributed by atoms with Crippen LogP contribution in [-0.2, 0) is 11.0 Å². The maximum absolute atomic E-state index is 12.8. The second-order valence-electron chi connectivity index (χ2n) is 6.65. The van der Waals surface area contributed by atoms with Gasteiger partial charge in [-0.1, -0.05) is 18.5 Å². The number of aromatic nitrogens is 1. The Bertz CT molecular complexity index is 734. The molecule has 1 aliphatic heterocycles. The summed E-state index contributed by atoms with van der Waals surface area (Å²) < 4.78 is 38.3. The van der Waals surface area contributed by atoms with Crippen LogP contribution in [0.25, 0.3) is 0 Å². The standard InChI is InChI=1S/C18H26ClF3N6O.HI/c1-3-6-24-15(29)10-26-17(23-4-2)27-13-5-7-28(11-13)16-14(19)8-12(9-25-16)18(20,21)22;/h8-9,13H,3-7,10-11H2,1-2H3,(H,24,29)(H2,23,26,27);1H. The number of nitrogens with zero attached hydrogens (tertiary/aromatic N) is 3. The highest BCUT2D eigenvalue weighted by Crippen LogP contribution is 2.34. The second kappa shape index (κ2) is 12.4. The minimum Gasteiger partial charge on any atom is -0.357 e. The number of hydrogen-bond donors (Lipinski definition) is 3. The molecule has 0 aliphatic carbocycles. The number of amides is 1. The zero-order chi connectivity index (χ0) is 21.4. The van der Waals surface area contributed by atoms with E-state index < -0.39 is 11.7 Å². The third-order valence-electron chi connectivity index (χ3n) is 4.27. The molecule has 1 atom stereocenters. The Morgan fingerprint density at radius 1 is 1.37 bits per heavy atom. The molecule has 1 saturated heterocycles. The second-order valence-corrected chi connectivity index (χ2v) is 7.06. The Labute approximate surface area is 196 Å². The van der Waals surface area contributed by atoms with Gasteiger partial charge in [-0.15, -0.1) is 24.0 Å². The molecule has 2 rings (SSSR count). The molecule has 12 heteroatoms. The Balaban J connectivity index is 0.00000450. The fourth-order valence-corrected chi connectivity index (χ4v) is 3.16. The Morgan fingerprint density at radius 2 is 2.10 bits per heavy atom. The van der Waals surface area contributed by atoms with Gasteiger partial charge in [-0.3, -0.25) is 4.79 Å². The molecule has 1 amide bonds. The number of alkyl halides is 3. The molecule has 3 N–H and O–H groups in total. The van der Waals surface area contributed by atoms with E-state index >= 15 is 0 Å². The van der Waals surface area contributed by atoms with E-state index in [0.29, 0.717) is 38.0 Å². The van der Waals surface area contributed by atoms with Crippen molar-refractivity contribution >= 4 is 53.3 Å². The first-order valence-corrected chi connectivity index (χ1v) is 9.91. The zero-order valence-corrected chi connectivity index (χ0v) is 19.9. The number of hydrogen-bond acceptors (Lipinski definition) is 4. The molecule has 0 aromatic carbocycles. The van der Waals surface area contributed by atoms with Crippen molar-refractivity contribution in [2.75, 3.05) is 37.6 Å². The average molecular weight is 563 g/mol. The van der Waals surface area contributed by atoms with Crippen molar-refractivity contribution in [3.63, 3.8) is 0 Å². The van der Waals surface area contributed by atoms with E-state index in [1.807, 2.05) is 18.7 Å². The molecule has 30 heavy (non-hydrogen) atoms. The molecule has 170 valence electrons. The number of halogens is 5. The summed E-state index contributed by atoms with van der Waals surface area (Å²) in [6.45, 7) is 6.23. The highest BCUT2D eigenvalue weighted by atomic mass is 127.